The van der Waals surface area contributed by atoms with E-state index in [1.807, 2.05) is 25.1 Å². The minimum atomic E-state index is -0.690. The maximum absolute atomic E-state index is 14.1. The fraction of sp³-hybridized carbons (Fsp3) is 0.407. The van der Waals surface area contributed by atoms with Gasteiger partial charge in [-0.3, -0.25) is 14.6 Å². The van der Waals surface area contributed by atoms with Crippen LogP contribution in [0.2, 0.25) is 0 Å². The van der Waals surface area contributed by atoms with Crippen LogP contribution in [0.4, 0.5) is 0 Å². The van der Waals surface area contributed by atoms with Crippen LogP contribution in [0.15, 0.2) is 42.7 Å². The smallest absolute Gasteiger partial charge is 0.253 e. The summed E-state index contributed by atoms with van der Waals surface area (Å²) < 4.78 is 0. The number of thiazole rings is 1. The summed E-state index contributed by atoms with van der Waals surface area (Å²) in [5.74, 6) is 0.0639. The zero-order valence-electron chi connectivity index (χ0n) is 19.6. The van der Waals surface area contributed by atoms with Gasteiger partial charge in [0.2, 0.25) is 5.78 Å². The standard InChI is InChI=1S/C27H30N4O2S/c1-16-6-5-7-19(14-16)25-23(31-27(34-25)18-9-10-18)24(32)22(21-8-3-4-12-29-21)30-26(33)20-15-28-13-11-17(20)2/h5-7,11,13-15,18,21-22,29H,3-4,8-10,12H2,1-2H3,(H,30,33)/t21?,22-/m0/s1. The van der Waals surface area contributed by atoms with E-state index in [1.165, 1.54) is 0 Å². The molecule has 1 unspecified atom stereocenters. The van der Waals surface area contributed by atoms with E-state index < -0.39 is 6.04 Å². The monoisotopic (exact) mass is 474 g/mol. The average molecular weight is 475 g/mol. The van der Waals surface area contributed by atoms with Crippen LogP contribution in [0.1, 0.15) is 75.0 Å². The molecular formula is C27H30N4O2S. The third-order valence-electron chi connectivity index (χ3n) is 6.69. The van der Waals surface area contributed by atoms with Gasteiger partial charge >= 0.3 is 0 Å². The average Bonchev–Trinajstić information content (AvgIpc) is 3.61. The number of hydrogen-bond acceptors (Lipinski definition) is 6. The quantitative estimate of drug-likeness (QED) is 0.480. The molecule has 2 N–H and O–H groups in total. The Morgan fingerprint density at radius 1 is 1.15 bits per heavy atom. The highest BCUT2D eigenvalue weighted by molar-refractivity contribution is 7.15. The Hall–Kier alpha value is -2.90. The van der Waals surface area contributed by atoms with Crippen molar-refractivity contribution in [2.45, 2.75) is 64.0 Å². The predicted octanol–water partition coefficient (Wildman–Crippen LogP) is 4.82. The molecule has 3 aromatic rings. The molecule has 34 heavy (non-hydrogen) atoms. The minimum absolute atomic E-state index is 0.117. The highest BCUT2D eigenvalue weighted by atomic mass is 32.1. The van der Waals surface area contributed by atoms with Crippen molar-refractivity contribution in [2.24, 2.45) is 0 Å². The first-order chi connectivity index (χ1) is 16.5. The topological polar surface area (TPSA) is 84.0 Å². The lowest BCUT2D eigenvalue weighted by molar-refractivity contribution is 0.0822. The van der Waals surface area contributed by atoms with Gasteiger partial charge in [-0.05, 0) is 63.3 Å². The molecule has 2 atom stereocenters. The van der Waals surface area contributed by atoms with Gasteiger partial charge in [-0.25, -0.2) is 4.98 Å². The van der Waals surface area contributed by atoms with Crippen molar-refractivity contribution < 1.29 is 9.59 Å². The third kappa shape index (κ3) is 4.81. The Bertz CT molecular complexity index is 1210. The number of hydrogen-bond donors (Lipinski definition) is 2. The Labute approximate surface area is 204 Å². The van der Waals surface area contributed by atoms with Crippen molar-refractivity contribution >= 4 is 23.0 Å². The maximum Gasteiger partial charge on any atom is 0.253 e. The number of benzene rings is 1. The molecule has 1 aliphatic heterocycles. The lowest BCUT2D eigenvalue weighted by Gasteiger charge is -2.31. The fourth-order valence-corrected chi connectivity index (χ4v) is 5.81. The normalized spacial score (nSPS) is 18.9. The summed E-state index contributed by atoms with van der Waals surface area (Å²) in [5.41, 5.74) is 3.96. The number of carbonyl (C=O) groups is 2. The molecule has 176 valence electrons. The lowest BCUT2D eigenvalue weighted by atomic mass is 9.92. The van der Waals surface area contributed by atoms with Crippen molar-refractivity contribution in [1.29, 1.82) is 0 Å². The van der Waals surface area contributed by atoms with Gasteiger partial charge in [-0.1, -0.05) is 36.2 Å². The van der Waals surface area contributed by atoms with E-state index in [9.17, 15) is 9.59 Å². The Balaban J connectivity index is 1.52. The summed E-state index contributed by atoms with van der Waals surface area (Å²) in [5, 5.41) is 7.57. The van der Waals surface area contributed by atoms with Gasteiger partial charge < -0.3 is 10.6 Å². The van der Waals surface area contributed by atoms with Crippen LogP contribution in [0.3, 0.4) is 0 Å². The number of nitrogens with one attached hydrogen (secondary N) is 2. The van der Waals surface area contributed by atoms with Gasteiger partial charge in [-0.15, -0.1) is 11.3 Å². The molecule has 7 heteroatoms. The van der Waals surface area contributed by atoms with Crippen molar-refractivity contribution in [3.63, 3.8) is 0 Å². The van der Waals surface area contributed by atoms with Crippen LogP contribution in [0, 0.1) is 13.8 Å². The number of Topliss-reactive ketones (excluding diaryl/α,β-unsaturated/α-hetero) is 1. The predicted molar refractivity (Wildman–Crippen MR) is 134 cm³/mol. The second-order valence-electron chi connectivity index (χ2n) is 9.44. The van der Waals surface area contributed by atoms with Crippen molar-refractivity contribution in [2.75, 3.05) is 6.54 Å². The van der Waals surface area contributed by atoms with E-state index in [4.69, 9.17) is 4.98 Å². The lowest BCUT2D eigenvalue weighted by Crippen LogP contribution is -2.56. The summed E-state index contributed by atoms with van der Waals surface area (Å²) >= 11 is 1.63. The molecule has 1 aromatic carbocycles. The van der Waals surface area contributed by atoms with E-state index >= 15 is 0 Å². The first kappa shape index (κ1) is 22.9. The molecule has 2 aliphatic rings. The molecule has 2 aromatic heterocycles. The molecule has 6 nitrogen and oxygen atoms in total. The third-order valence-corrected chi connectivity index (χ3v) is 7.95. The first-order valence-corrected chi connectivity index (χ1v) is 12.9. The Morgan fingerprint density at radius 3 is 2.71 bits per heavy atom. The second-order valence-corrected chi connectivity index (χ2v) is 10.5. The largest absolute Gasteiger partial charge is 0.340 e. The summed E-state index contributed by atoms with van der Waals surface area (Å²) in [6, 6.07) is 9.21. The number of ketones is 1. The summed E-state index contributed by atoms with van der Waals surface area (Å²) in [7, 11) is 0. The van der Waals surface area contributed by atoms with Crippen LogP contribution in [0.5, 0.6) is 0 Å². The van der Waals surface area contributed by atoms with Crippen LogP contribution >= 0.6 is 11.3 Å². The molecular weight excluding hydrogens is 444 g/mol. The number of aromatic nitrogens is 2. The summed E-state index contributed by atoms with van der Waals surface area (Å²) in [6.45, 7) is 4.77. The van der Waals surface area contributed by atoms with Crippen LogP contribution < -0.4 is 10.6 Å². The van der Waals surface area contributed by atoms with Gasteiger partial charge in [0, 0.05) is 24.4 Å². The number of amides is 1. The molecule has 2 fully saturated rings. The highest BCUT2D eigenvalue weighted by Crippen LogP contribution is 2.45. The minimum Gasteiger partial charge on any atom is -0.340 e. The molecule has 1 aliphatic carbocycles. The molecule has 0 radical (unpaired) electrons. The number of piperidine rings is 1. The van der Waals surface area contributed by atoms with E-state index in [0.29, 0.717) is 17.2 Å². The Kier molecular flexibility index (Phi) is 6.57. The molecule has 1 amide bonds. The number of carbonyl (C=O) groups excluding carboxylic acids is 2. The van der Waals surface area contributed by atoms with Crippen LogP contribution in [-0.4, -0.2) is 40.3 Å². The number of aryl methyl sites for hydroxylation is 2. The number of pyridine rings is 1. The van der Waals surface area contributed by atoms with E-state index in [2.05, 4.69) is 34.7 Å². The van der Waals surface area contributed by atoms with Crippen molar-refractivity contribution in [3.05, 3.63) is 70.1 Å². The van der Waals surface area contributed by atoms with E-state index in [0.717, 1.165) is 65.2 Å². The molecule has 3 heterocycles. The summed E-state index contributed by atoms with van der Waals surface area (Å²) in [4.78, 5) is 37.2. The summed E-state index contributed by atoms with van der Waals surface area (Å²) in [6.07, 6.45) is 8.41. The first-order valence-electron chi connectivity index (χ1n) is 12.1. The molecule has 1 saturated heterocycles. The molecule has 5 rings (SSSR count). The zero-order valence-corrected chi connectivity index (χ0v) is 20.5. The SMILES string of the molecule is Cc1cccc(-c2sc(C3CC3)nc2C(=O)[C@@H](NC(=O)c2cnccc2C)C2CCCCN2)c1. The van der Waals surface area contributed by atoms with Crippen molar-refractivity contribution in [1.82, 2.24) is 20.6 Å². The van der Waals surface area contributed by atoms with Gasteiger partial charge in [0.1, 0.15) is 11.7 Å². The van der Waals surface area contributed by atoms with E-state index in [1.54, 1.807) is 23.7 Å². The molecule has 0 bridgehead atoms. The van der Waals surface area contributed by atoms with Gasteiger partial charge in [0.05, 0.1) is 15.4 Å². The Morgan fingerprint density at radius 2 is 2.00 bits per heavy atom. The molecule has 0 spiro atoms. The highest BCUT2D eigenvalue weighted by Gasteiger charge is 2.37. The second kappa shape index (κ2) is 9.76. The number of nitrogens with zero attached hydrogens (tertiary/aromatic N) is 2. The van der Waals surface area contributed by atoms with Crippen LogP contribution in [-0.2, 0) is 0 Å². The maximum atomic E-state index is 14.1. The van der Waals surface area contributed by atoms with Crippen LogP contribution in [0.25, 0.3) is 10.4 Å². The fourth-order valence-electron chi connectivity index (χ4n) is 4.57. The van der Waals surface area contributed by atoms with Gasteiger partial charge in [-0.2, -0.15) is 0 Å². The van der Waals surface area contributed by atoms with Crippen molar-refractivity contribution in [3.8, 4) is 10.4 Å². The van der Waals surface area contributed by atoms with Gasteiger partial charge in [0.25, 0.3) is 5.91 Å². The molecule has 1 saturated carbocycles. The van der Waals surface area contributed by atoms with E-state index in [-0.39, 0.29) is 17.7 Å². The van der Waals surface area contributed by atoms with Gasteiger partial charge in [0.15, 0.2) is 0 Å². The number of rotatable bonds is 7. The zero-order chi connectivity index (χ0) is 23.7.